The number of piperidine rings is 1. The summed E-state index contributed by atoms with van der Waals surface area (Å²) in [5.41, 5.74) is 1.42. The molecule has 6 nitrogen and oxygen atoms in total. The number of halogens is 1. The van der Waals surface area contributed by atoms with Gasteiger partial charge in [-0.25, -0.2) is 4.39 Å². The highest BCUT2D eigenvalue weighted by Crippen LogP contribution is 2.21. The van der Waals surface area contributed by atoms with Crippen molar-refractivity contribution >= 4 is 17.6 Å². The Balaban J connectivity index is 1.67. The highest BCUT2D eigenvalue weighted by atomic mass is 19.1. The van der Waals surface area contributed by atoms with E-state index in [1.54, 1.807) is 28.8 Å². The van der Waals surface area contributed by atoms with Gasteiger partial charge in [0.1, 0.15) is 17.7 Å². The fourth-order valence-corrected chi connectivity index (χ4v) is 3.16. The normalized spacial score (nSPS) is 17.6. The van der Waals surface area contributed by atoms with Crippen LogP contribution in [-0.4, -0.2) is 34.2 Å². The van der Waals surface area contributed by atoms with Gasteiger partial charge in [0.15, 0.2) is 0 Å². The lowest BCUT2D eigenvalue weighted by Crippen LogP contribution is -2.53. The highest BCUT2D eigenvalue weighted by molar-refractivity contribution is 5.99. The van der Waals surface area contributed by atoms with Crippen molar-refractivity contribution in [3.05, 3.63) is 47.4 Å². The Morgan fingerprint density at radius 1 is 1.40 bits per heavy atom. The topological polar surface area (TPSA) is 67.2 Å². The van der Waals surface area contributed by atoms with Crippen molar-refractivity contribution in [2.24, 2.45) is 7.05 Å². The molecule has 2 amide bonds. The van der Waals surface area contributed by atoms with Crippen LogP contribution in [0.4, 0.5) is 10.2 Å². The maximum Gasteiger partial charge on any atom is 0.250 e. The van der Waals surface area contributed by atoms with E-state index in [0.29, 0.717) is 18.5 Å². The molecule has 0 radical (unpaired) electrons. The zero-order chi connectivity index (χ0) is 18.0. The van der Waals surface area contributed by atoms with E-state index >= 15 is 0 Å². The minimum Gasteiger partial charge on any atom is -0.344 e. The van der Waals surface area contributed by atoms with E-state index in [2.05, 4.69) is 10.4 Å². The van der Waals surface area contributed by atoms with Crippen LogP contribution in [0.5, 0.6) is 0 Å². The highest BCUT2D eigenvalue weighted by Gasteiger charge is 2.32. The van der Waals surface area contributed by atoms with Gasteiger partial charge in [-0.1, -0.05) is 12.1 Å². The van der Waals surface area contributed by atoms with Crippen molar-refractivity contribution in [2.45, 2.75) is 32.2 Å². The molecule has 2 aromatic rings. The third kappa shape index (κ3) is 3.87. The Hall–Kier alpha value is -2.70. The second kappa shape index (κ2) is 7.04. The molecule has 0 spiro atoms. The molecule has 1 atom stereocenters. The van der Waals surface area contributed by atoms with Crippen molar-refractivity contribution in [2.75, 3.05) is 11.4 Å². The average molecular weight is 344 g/mol. The van der Waals surface area contributed by atoms with E-state index in [1.165, 1.54) is 12.1 Å². The number of carbonyl (C=O) groups is 2. The number of hydrogen-bond donors (Lipinski definition) is 1. The van der Waals surface area contributed by atoms with Gasteiger partial charge >= 0.3 is 0 Å². The van der Waals surface area contributed by atoms with Crippen molar-refractivity contribution in [3.8, 4) is 0 Å². The molecule has 0 aliphatic carbocycles. The van der Waals surface area contributed by atoms with Crippen LogP contribution in [0, 0.1) is 12.7 Å². The molecule has 1 N–H and O–H groups in total. The lowest BCUT2D eigenvalue weighted by atomic mass is 10.0. The van der Waals surface area contributed by atoms with Gasteiger partial charge in [-0.05, 0) is 37.5 Å². The Labute approximate surface area is 145 Å². The molecule has 0 bridgehead atoms. The van der Waals surface area contributed by atoms with Crippen molar-refractivity contribution in [1.82, 2.24) is 15.1 Å². The van der Waals surface area contributed by atoms with Crippen LogP contribution in [-0.2, 0) is 23.1 Å². The molecule has 1 aromatic carbocycles. The maximum absolute atomic E-state index is 13.2. The van der Waals surface area contributed by atoms with Crippen LogP contribution in [0.2, 0.25) is 0 Å². The molecule has 25 heavy (non-hydrogen) atoms. The van der Waals surface area contributed by atoms with E-state index in [1.807, 2.05) is 13.0 Å². The molecule has 1 aliphatic heterocycles. The summed E-state index contributed by atoms with van der Waals surface area (Å²) in [5, 5.41) is 7.05. The van der Waals surface area contributed by atoms with Gasteiger partial charge in [0.2, 0.25) is 5.91 Å². The average Bonchev–Trinajstić information content (AvgIpc) is 2.88. The summed E-state index contributed by atoms with van der Waals surface area (Å²) in [6.45, 7) is 2.48. The van der Waals surface area contributed by atoms with E-state index in [4.69, 9.17) is 0 Å². The van der Waals surface area contributed by atoms with Gasteiger partial charge in [0, 0.05) is 19.7 Å². The third-order valence-corrected chi connectivity index (χ3v) is 4.28. The Bertz CT molecular complexity index is 802. The Morgan fingerprint density at radius 3 is 2.88 bits per heavy atom. The Kier molecular flexibility index (Phi) is 4.83. The summed E-state index contributed by atoms with van der Waals surface area (Å²) in [4.78, 5) is 26.6. The summed E-state index contributed by atoms with van der Waals surface area (Å²) in [6, 6.07) is 7.21. The first kappa shape index (κ1) is 17.1. The molecular formula is C18H21FN4O2. The molecule has 1 saturated heterocycles. The number of benzene rings is 1. The SMILES string of the molecule is Cc1cc(N2CCCC(NC(=O)Cc3cccc(F)c3)C2=O)n(C)n1. The standard InChI is InChI=1S/C18H21FN4O2/c1-12-9-17(22(2)21-12)23-8-4-7-15(18(23)25)20-16(24)11-13-5-3-6-14(19)10-13/h3,5-6,9-10,15H,4,7-8,11H2,1-2H3,(H,20,24). The smallest absolute Gasteiger partial charge is 0.250 e. The predicted octanol–water partition coefficient (Wildman–Crippen LogP) is 1.72. The first-order valence-electron chi connectivity index (χ1n) is 8.30. The number of anilines is 1. The van der Waals surface area contributed by atoms with Gasteiger partial charge in [-0.3, -0.25) is 19.2 Å². The number of nitrogens with zero attached hydrogens (tertiary/aromatic N) is 3. The molecular weight excluding hydrogens is 323 g/mol. The van der Waals surface area contributed by atoms with Crippen LogP contribution in [0.1, 0.15) is 24.1 Å². The zero-order valence-corrected chi connectivity index (χ0v) is 14.3. The quantitative estimate of drug-likeness (QED) is 0.918. The number of aromatic nitrogens is 2. The second-order valence-electron chi connectivity index (χ2n) is 6.33. The molecule has 3 rings (SSSR count). The molecule has 132 valence electrons. The summed E-state index contributed by atoms with van der Waals surface area (Å²) in [7, 11) is 1.79. The van der Waals surface area contributed by atoms with Crippen LogP contribution < -0.4 is 10.2 Å². The lowest BCUT2D eigenvalue weighted by molar-refractivity contribution is -0.128. The van der Waals surface area contributed by atoms with Gasteiger partial charge in [0.05, 0.1) is 12.1 Å². The molecule has 7 heteroatoms. The summed E-state index contributed by atoms with van der Waals surface area (Å²) >= 11 is 0. The van der Waals surface area contributed by atoms with Crippen LogP contribution in [0.15, 0.2) is 30.3 Å². The molecule has 2 heterocycles. The number of nitrogens with one attached hydrogen (secondary N) is 1. The van der Waals surface area contributed by atoms with Gasteiger partial charge < -0.3 is 5.32 Å². The van der Waals surface area contributed by atoms with Crippen molar-refractivity contribution in [1.29, 1.82) is 0 Å². The van der Waals surface area contributed by atoms with Crippen LogP contribution in [0.3, 0.4) is 0 Å². The van der Waals surface area contributed by atoms with Gasteiger partial charge in [-0.2, -0.15) is 5.10 Å². The zero-order valence-electron chi connectivity index (χ0n) is 14.3. The van der Waals surface area contributed by atoms with E-state index in [-0.39, 0.29) is 24.1 Å². The number of carbonyl (C=O) groups excluding carboxylic acids is 2. The molecule has 1 fully saturated rings. The van der Waals surface area contributed by atoms with Gasteiger partial charge in [-0.15, -0.1) is 0 Å². The minimum absolute atomic E-state index is 0.0480. The number of aryl methyl sites for hydroxylation is 2. The summed E-state index contributed by atoms with van der Waals surface area (Å²) < 4.78 is 14.9. The van der Waals surface area contributed by atoms with Crippen LogP contribution in [0.25, 0.3) is 0 Å². The van der Waals surface area contributed by atoms with E-state index in [0.717, 1.165) is 17.9 Å². The van der Waals surface area contributed by atoms with Crippen molar-refractivity contribution in [3.63, 3.8) is 0 Å². The first-order valence-corrected chi connectivity index (χ1v) is 8.30. The molecule has 1 unspecified atom stereocenters. The van der Waals surface area contributed by atoms with Gasteiger partial charge in [0.25, 0.3) is 5.91 Å². The summed E-state index contributed by atoms with van der Waals surface area (Å²) in [5.74, 6) is -0.0720. The number of rotatable bonds is 4. The molecule has 0 saturated carbocycles. The second-order valence-corrected chi connectivity index (χ2v) is 6.33. The predicted molar refractivity (Wildman–Crippen MR) is 91.6 cm³/mol. The van der Waals surface area contributed by atoms with E-state index in [9.17, 15) is 14.0 Å². The molecule has 1 aliphatic rings. The minimum atomic E-state index is -0.565. The summed E-state index contributed by atoms with van der Waals surface area (Å²) in [6.07, 6.45) is 1.44. The fourth-order valence-electron chi connectivity index (χ4n) is 3.16. The largest absolute Gasteiger partial charge is 0.344 e. The van der Waals surface area contributed by atoms with E-state index < -0.39 is 6.04 Å². The van der Waals surface area contributed by atoms with Crippen LogP contribution >= 0.6 is 0 Å². The Morgan fingerprint density at radius 2 is 2.20 bits per heavy atom. The van der Waals surface area contributed by atoms with Crippen molar-refractivity contribution < 1.29 is 14.0 Å². The lowest BCUT2D eigenvalue weighted by Gasteiger charge is -2.32. The third-order valence-electron chi connectivity index (χ3n) is 4.28. The monoisotopic (exact) mass is 344 g/mol. The first-order chi connectivity index (χ1) is 11.9. The number of amides is 2. The number of hydrogen-bond acceptors (Lipinski definition) is 3. The fraction of sp³-hybridized carbons (Fsp3) is 0.389. The molecule has 1 aromatic heterocycles. The maximum atomic E-state index is 13.2.